The molecule has 1 aromatic carbocycles. The molecule has 2 aromatic rings. The molecule has 1 aromatic heterocycles. The van der Waals surface area contributed by atoms with E-state index >= 15 is 0 Å². The quantitative estimate of drug-likeness (QED) is 0.886. The summed E-state index contributed by atoms with van der Waals surface area (Å²) in [5.41, 5.74) is 1.24. The number of rotatable bonds is 6. The Morgan fingerprint density at radius 1 is 1.25 bits per heavy atom. The molecule has 3 nitrogen and oxygen atoms in total. The van der Waals surface area contributed by atoms with Crippen molar-refractivity contribution in [1.82, 2.24) is 10.3 Å². The van der Waals surface area contributed by atoms with Crippen LogP contribution in [0.15, 0.2) is 48.8 Å². The van der Waals surface area contributed by atoms with Gasteiger partial charge in [-0.2, -0.15) is 0 Å². The summed E-state index contributed by atoms with van der Waals surface area (Å²) in [6, 6.07) is 11.7. The molecule has 0 saturated heterocycles. The molecule has 0 aliphatic rings. The third kappa shape index (κ3) is 4.22. The Morgan fingerprint density at radius 2 is 2.00 bits per heavy atom. The molecule has 0 aliphatic carbocycles. The lowest BCUT2D eigenvalue weighted by molar-refractivity contribution is 0.174. The van der Waals surface area contributed by atoms with E-state index in [2.05, 4.69) is 17.2 Å². The molecule has 2 atom stereocenters. The third-order valence-corrected chi connectivity index (χ3v) is 3.50. The fourth-order valence-electron chi connectivity index (χ4n) is 2.11. The first-order valence-electron chi connectivity index (χ1n) is 6.67. The average molecular weight is 291 g/mol. The molecule has 1 N–H and O–H groups in total. The first-order valence-corrected chi connectivity index (χ1v) is 7.05. The molecule has 0 radical (unpaired) electrons. The zero-order valence-corrected chi connectivity index (χ0v) is 12.5. The summed E-state index contributed by atoms with van der Waals surface area (Å²) in [7, 11) is 1.95. The predicted molar refractivity (Wildman–Crippen MR) is 82.3 cm³/mol. The molecule has 0 bridgehead atoms. The van der Waals surface area contributed by atoms with Crippen molar-refractivity contribution in [3.8, 4) is 5.75 Å². The topological polar surface area (TPSA) is 34.2 Å². The maximum absolute atomic E-state index is 5.97. The number of hydrogen-bond acceptors (Lipinski definition) is 3. The van der Waals surface area contributed by atoms with Gasteiger partial charge in [-0.15, -0.1) is 0 Å². The summed E-state index contributed by atoms with van der Waals surface area (Å²) in [5, 5.41) is 3.99. The number of pyridine rings is 1. The number of likely N-dealkylation sites (N-methyl/N-ethyl adjacent to an activating group) is 1. The second-order valence-electron chi connectivity index (χ2n) is 4.74. The lowest BCUT2D eigenvalue weighted by Crippen LogP contribution is -2.41. The number of hydrogen-bond donors (Lipinski definition) is 1. The van der Waals surface area contributed by atoms with Crippen molar-refractivity contribution in [2.24, 2.45) is 0 Å². The highest BCUT2D eigenvalue weighted by atomic mass is 35.5. The highest BCUT2D eigenvalue weighted by Gasteiger charge is 2.17. The van der Waals surface area contributed by atoms with Crippen LogP contribution in [-0.2, 0) is 6.42 Å². The van der Waals surface area contributed by atoms with Crippen molar-refractivity contribution < 1.29 is 4.74 Å². The molecule has 0 spiro atoms. The first kappa shape index (κ1) is 14.8. The van der Waals surface area contributed by atoms with Crippen LogP contribution in [-0.4, -0.2) is 24.2 Å². The minimum atomic E-state index is 0.0339. The molecule has 2 rings (SSSR count). The molecule has 0 amide bonds. The normalized spacial score (nSPS) is 13.8. The van der Waals surface area contributed by atoms with Gasteiger partial charge in [-0.05, 0) is 56.3 Å². The van der Waals surface area contributed by atoms with Crippen LogP contribution in [0.4, 0.5) is 0 Å². The van der Waals surface area contributed by atoms with Gasteiger partial charge in [-0.25, -0.2) is 0 Å². The van der Waals surface area contributed by atoms with Crippen LogP contribution in [0.2, 0.25) is 5.02 Å². The van der Waals surface area contributed by atoms with Crippen molar-refractivity contribution in [3.63, 3.8) is 0 Å². The van der Waals surface area contributed by atoms with Gasteiger partial charge in [0, 0.05) is 23.5 Å². The number of benzene rings is 1. The van der Waals surface area contributed by atoms with Gasteiger partial charge in [0.15, 0.2) is 0 Å². The SMILES string of the molecule is CNC(Cc1ccncc1)C(C)Oc1cccc(Cl)c1. The Bertz CT molecular complexity index is 533. The molecular weight excluding hydrogens is 272 g/mol. The summed E-state index contributed by atoms with van der Waals surface area (Å²) in [6.45, 7) is 2.06. The van der Waals surface area contributed by atoms with Crippen LogP contribution in [0.25, 0.3) is 0 Å². The number of ether oxygens (including phenoxy) is 1. The van der Waals surface area contributed by atoms with Crippen molar-refractivity contribution in [3.05, 3.63) is 59.4 Å². The highest BCUT2D eigenvalue weighted by Crippen LogP contribution is 2.19. The number of aromatic nitrogens is 1. The zero-order valence-electron chi connectivity index (χ0n) is 11.7. The van der Waals surface area contributed by atoms with Crippen LogP contribution >= 0.6 is 11.6 Å². The van der Waals surface area contributed by atoms with Gasteiger partial charge in [-0.1, -0.05) is 17.7 Å². The van der Waals surface area contributed by atoms with E-state index in [-0.39, 0.29) is 12.1 Å². The first-order chi connectivity index (χ1) is 9.69. The summed E-state index contributed by atoms with van der Waals surface area (Å²) in [5.74, 6) is 0.792. The minimum Gasteiger partial charge on any atom is -0.489 e. The fourth-order valence-corrected chi connectivity index (χ4v) is 2.29. The monoisotopic (exact) mass is 290 g/mol. The van der Waals surface area contributed by atoms with Gasteiger partial charge < -0.3 is 10.1 Å². The van der Waals surface area contributed by atoms with E-state index in [9.17, 15) is 0 Å². The maximum atomic E-state index is 5.97. The second kappa shape index (κ2) is 7.27. The predicted octanol–water partition coefficient (Wildman–Crippen LogP) is 3.33. The van der Waals surface area contributed by atoms with E-state index in [1.807, 2.05) is 55.8 Å². The molecule has 4 heteroatoms. The molecule has 2 unspecified atom stereocenters. The van der Waals surface area contributed by atoms with E-state index in [1.54, 1.807) is 0 Å². The lowest BCUT2D eigenvalue weighted by atomic mass is 10.0. The van der Waals surface area contributed by atoms with Crippen LogP contribution in [0.5, 0.6) is 5.75 Å². The fraction of sp³-hybridized carbons (Fsp3) is 0.312. The van der Waals surface area contributed by atoms with E-state index < -0.39 is 0 Å². The number of nitrogens with one attached hydrogen (secondary N) is 1. The van der Waals surface area contributed by atoms with Gasteiger partial charge in [0.2, 0.25) is 0 Å². The maximum Gasteiger partial charge on any atom is 0.121 e. The largest absolute Gasteiger partial charge is 0.489 e. The van der Waals surface area contributed by atoms with E-state index in [0.29, 0.717) is 5.02 Å². The van der Waals surface area contributed by atoms with Crippen molar-refractivity contribution >= 4 is 11.6 Å². The van der Waals surface area contributed by atoms with E-state index in [4.69, 9.17) is 16.3 Å². The summed E-state index contributed by atoms with van der Waals surface area (Å²) < 4.78 is 5.96. The van der Waals surface area contributed by atoms with Crippen LogP contribution in [0, 0.1) is 0 Å². The molecule has 0 saturated carbocycles. The molecule has 20 heavy (non-hydrogen) atoms. The van der Waals surface area contributed by atoms with Crippen molar-refractivity contribution in [2.75, 3.05) is 7.05 Å². The number of halogens is 1. The smallest absolute Gasteiger partial charge is 0.121 e. The number of nitrogens with zero attached hydrogens (tertiary/aromatic N) is 1. The Morgan fingerprint density at radius 3 is 2.65 bits per heavy atom. The van der Waals surface area contributed by atoms with Gasteiger partial charge in [0.05, 0.1) is 0 Å². The molecule has 0 aliphatic heterocycles. The van der Waals surface area contributed by atoms with Gasteiger partial charge in [0.1, 0.15) is 11.9 Å². The van der Waals surface area contributed by atoms with Crippen LogP contribution in [0.3, 0.4) is 0 Å². The Kier molecular flexibility index (Phi) is 5.39. The Labute approximate surface area is 124 Å². The Balaban J connectivity index is 2.00. The molecule has 1 heterocycles. The van der Waals surface area contributed by atoms with Crippen molar-refractivity contribution in [2.45, 2.75) is 25.5 Å². The minimum absolute atomic E-state index is 0.0339. The van der Waals surface area contributed by atoms with Gasteiger partial charge >= 0.3 is 0 Å². The molecular formula is C16H19ClN2O. The van der Waals surface area contributed by atoms with Gasteiger partial charge in [0.25, 0.3) is 0 Å². The zero-order chi connectivity index (χ0) is 14.4. The third-order valence-electron chi connectivity index (χ3n) is 3.26. The lowest BCUT2D eigenvalue weighted by Gasteiger charge is -2.24. The van der Waals surface area contributed by atoms with Crippen molar-refractivity contribution in [1.29, 1.82) is 0 Å². The van der Waals surface area contributed by atoms with Gasteiger partial charge in [-0.3, -0.25) is 4.98 Å². The highest BCUT2D eigenvalue weighted by molar-refractivity contribution is 6.30. The van der Waals surface area contributed by atoms with Crippen LogP contribution in [0.1, 0.15) is 12.5 Å². The van der Waals surface area contributed by atoms with E-state index in [0.717, 1.165) is 12.2 Å². The molecule has 106 valence electrons. The Hall–Kier alpha value is -1.58. The summed E-state index contributed by atoms with van der Waals surface area (Å²) in [4.78, 5) is 4.03. The summed E-state index contributed by atoms with van der Waals surface area (Å²) in [6.07, 6.45) is 4.54. The van der Waals surface area contributed by atoms with Crippen LogP contribution < -0.4 is 10.1 Å². The summed E-state index contributed by atoms with van der Waals surface area (Å²) >= 11 is 5.97. The standard InChI is InChI=1S/C16H19ClN2O/c1-12(20-15-5-3-4-14(17)11-15)16(18-2)10-13-6-8-19-9-7-13/h3-9,11-12,16,18H,10H2,1-2H3. The van der Waals surface area contributed by atoms with E-state index in [1.165, 1.54) is 5.56 Å². The second-order valence-corrected chi connectivity index (χ2v) is 5.17. The average Bonchev–Trinajstić information content (AvgIpc) is 2.45. The molecule has 0 fully saturated rings.